The number of halogens is 1. The monoisotopic (exact) mass is 322 g/mol. The van der Waals surface area contributed by atoms with Crippen LogP contribution in [0.15, 0.2) is 36.4 Å². The maximum atomic E-state index is 13.2. The summed E-state index contributed by atoms with van der Waals surface area (Å²) in [5.41, 5.74) is 2.23. The maximum absolute atomic E-state index is 13.2. The lowest BCUT2D eigenvalue weighted by molar-refractivity contribution is -0.385. The number of hydrogen-bond acceptors (Lipinski definition) is 4. The van der Waals surface area contributed by atoms with Crippen LogP contribution >= 0.6 is 0 Å². The number of nitriles is 1. The van der Waals surface area contributed by atoms with Crippen molar-refractivity contribution < 1.29 is 9.31 Å². The lowest BCUT2D eigenvalue weighted by Gasteiger charge is -1.99. The maximum Gasteiger partial charge on any atom is 0.272 e. The Hall–Kier alpha value is -3.53. The highest BCUT2D eigenvalue weighted by Gasteiger charge is 2.12. The molecule has 1 heterocycles. The average Bonchev–Trinajstić information content (AvgIpc) is 2.96. The molecular formula is C17H11FN4O2. The Labute approximate surface area is 136 Å². The van der Waals surface area contributed by atoms with Crippen LogP contribution in [0.25, 0.3) is 22.7 Å². The van der Waals surface area contributed by atoms with E-state index in [0.29, 0.717) is 22.2 Å². The van der Waals surface area contributed by atoms with Gasteiger partial charge >= 0.3 is 0 Å². The van der Waals surface area contributed by atoms with Gasteiger partial charge in [0.15, 0.2) is 0 Å². The minimum absolute atomic E-state index is 0.0206. The molecule has 0 fully saturated rings. The molecule has 0 saturated carbocycles. The minimum Gasteiger partial charge on any atom is -0.337 e. The summed E-state index contributed by atoms with van der Waals surface area (Å²) in [6.45, 7) is 1.64. The van der Waals surface area contributed by atoms with Gasteiger partial charge in [-0.25, -0.2) is 9.37 Å². The van der Waals surface area contributed by atoms with Gasteiger partial charge in [0, 0.05) is 11.6 Å². The summed E-state index contributed by atoms with van der Waals surface area (Å²) in [7, 11) is 0. The predicted molar refractivity (Wildman–Crippen MR) is 87.4 cm³/mol. The van der Waals surface area contributed by atoms with E-state index in [1.165, 1.54) is 30.3 Å². The quantitative estimate of drug-likeness (QED) is 0.448. The highest BCUT2D eigenvalue weighted by molar-refractivity contribution is 5.90. The predicted octanol–water partition coefficient (Wildman–Crippen LogP) is 3.98. The molecule has 0 atom stereocenters. The van der Waals surface area contributed by atoms with Gasteiger partial charge in [-0.1, -0.05) is 12.1 Å². The van der Waals surface area contributed by atoms with Gasteiger partial charge in [0.1, 0.15) is 17.7 Å². The van der Waals surface area contributed by atoms with E-state index >= 15 is 0 Å². The van der Waals surface area contributed by atoms with E-state index in [-0.39, 0.29) is 17.1 Å². The van der Waals surface area contributed by atoms with E-state index in [1.54, 1.807) is 19.1 Å². The van der Waals surface area contributed by atoms with Crippen molar-refractivity contribution in [3.63, 3.8) is 0 Å². The molecule has 3 rings (SSSR count). The normalized spacial score (nSPS) is 11.5. The van der Waals surface area contributed by atoms with Gasteiger partial charge in [0.05, 0.1) is 21.5 Å². The Morgan fingerprint density at radius 2 is 2.17 bits per heavy atom. The van der Waals surface area contributed by atoms with Crippen LogP contribution < -0.4 is 0 Å². The fraction of sp³-hybridized carbons (Fsp3) is 0.0588. The molecular weight excluding hydrogens is 311 g/mol. The molecule has 0 bridgehead atoms. The number of aromatic nitrogens is 2. The SMILES string of the molecule is Cc1ccc(/C=C(/C#N)c2nc3ccc(F)cc3[nH]2)cc1[N+](=O)[O-]. The molecule has 0 aliphatic carbocycles. The summed E-state index contributed by atoms with van der Waals surface area (Å²) in [5.74, 6) is -0.129. The van der Waals surface area contributed by atoms with E-state index < -0.39 is 10.7 Å². The number of hydrogen-bond donors (Lipinski definition) is 1. The third-order valence-corrected chi connectivity index (χ3v) is 3.56. The zero-order valence-electron chi connectivity index (χ0n) is 12.6. The number of nitrogens with one attached hydrogen (secondary N) is 1. The van der Waals surface area contributed by atoms with Crippen molar-refractivity contribution in [1.29, 1.82) is 5.26 Å². The third-order valence-electron chi connectivity index (χ3n) is 3.56. The number of nitro benzene ring substituents is 1. The van der Waals surface area contributed by atoms with E-state index in [1.807, 2.05) is 6.07 Å². The molecule has 0 saturated heterocycles. The topological polar surface area (TPSA) is 95.6 Å². The van der Waals surface area contributed by atoms with Crippen LogP contribution in [0.1, 0.15) is 17.0 Å². The largest absolute Gasteiger partial charge is 0.337 e. The Balaban J connectivity index is 2.07. The number of aromatic amines is 1. The number of allylic oxidation sites excluding steroid dienone is 1. The summed E-state index contributed by atoms with van der Waals surface area (Å²) in [5, 5.41) is 20.4. The van der Waals surface area contributed by atoms with Crippen molar-refractivity contribution in [3.8, 4) is 6.07 Å². The first-order valence-corrected chi connectivity index (χ1v) is 7.00. The fourth-order valence-electron chi connectivity index (χ4n) is 2.34. The van der Waals surface area contributed by atoms with E-state index in [2.05, 4.69) is 9.97 Å². The van der Waals surface area contributed by atoms with Gasteiger partial charge in [-0.05, 0) is 36.8 Å². The molecule has 0 amide bonds. The molecule has 118 valence electrons. The van der Waals surface area contributed by atoms with Gasteiger partial charge < -0.3 is 4.98 Å². The second kappa shape index (κ2) is 5.93. The molecule has 1 N–H and O–H groups in total. The zero-order valence-corrected chi connectivity index (χ0v) is 12.6. The molecule has 24 heavy (non-hydrogen) atoms. The summed E-state index contributed by atoms with van der Waals surface area (Å²) in [6.07, 6.45) is 1.50. The number of fused-ring (bicyclic) bond motifs is 1. The molecule has 2 aromatic carbocycles. The lowest BCUT2D eigenvalue weighted by atomic mass is 10.1. The first-order chi connectivity index (χ1) is 11.5. The van der Waals surface area contributed by atoms with E-state index in [0.717, 1.165) is 0 Å². The van der Waals surface area contributed by atoms with Crippen LogP contribution in [0.2, 0.25) is 0 Å². The molecule has 0 spiro atoms. The van der Waals surface area contributed by atoms with Gasteiger partial charge in [-0.3, -0.25) is 10.1 Å². The zero-order chi connectivity index (χ0) is 17.3. The van der Waals surface area contributed by atoms with Crippen LogP contribution in [0, 0.1) is 34.2 Å². The number of imidazole rings is 1. The summed E-state index contributed by atoms with van der Waals surface area (Å²) < 4.78 is 13.2. The molecule has 3 aromatic rings. The van der Waals surface area contributed by atoms with Crippen LogP contribution in [0.4, 0.5) is 10.1 Å². The molecule has 1 aromatic heterocycles. The van der Waals surface area contributed by atoms with Crippen molar-refractivity contribution in [2.75, 3.05) is 0 Å². The number of rotatable bonds is 3. The number of H-pyrrole nitrogens is 1. The number of nitrogens with zero attached hydrogens (tertiary/aromatic N) is 3. The van der Waals surface area contributed by atoms with Crippen LogP contribution in [0.5, 0.6) is 0 Å². The highest BCUT2D eigenvalue weighted by atomic mass is 19.1. The van der Waals surface area contributed by atoms with E-state index in [9.17, 15) is 19.8 Å². The Morgan fingerprint density at radius 1 is 1.38 bits per heavy atom. The molecule has 0 unspecified atom stereocenters. The molecule has 0 aliphatic heterocycles. The fourth-order valence-corrected chi connectivity index (χ4v) is 2.34. The van der Waals surface area contributed by atoms with Crippen LogP contribution in [0.3, 0.4) is 0 Å². The number of aryl methyl sites for hydroxylation is 1. The first-order valence-electron chi connectivity index (χ1n) is 7.00. The van der Waals surface area contributed by atoms with Crippen molar-refractivity contribution >= 4 is 28.4 Å². The summed E-state index contributed by atoms with van der Waals surface area (Å²) >= 11 is 0. The highest BCUT2D eigenvalue weighted by Crippen LogP contribution is 2.24. The number of benzene rings is 2. The van der Waals surface area contributed by atoms with Gasteiger partial charge in [0.25, 0.3) is 5.69 Å². The van der Waals surface area contributed by atoms with Crippen LogP contribution in [-0.2, 0) is 0 Å². The molecule has 7 heteroatoms. The number of nitro groups is 1. The van der Waals surface area contributed by atoms with E-state index in [4.69, 9.17) is 0 Å². The smallest absolute Gasteiger partial charge is 0.272 e. The van der Waals surface area contributed by atoms with Crippen molar-refractivity contribution in [3.05, 3.63) is 69.3 Å². The second-order valence-electron chi connectivity index (χ2n) is 5.22. The summed E-state index contributed by atoms with van der Waals surface area (Å²) in [4.78, 5) is 17.7. The Bertz CT molecular complexity index is 1030. The van der Waals surface area contributed by atoms with Gasteiger partial charge in [-0.15, -0.1) is 0 Å². The minimum atomic E-state index is -0.470. The Kier molecular flexibility index (Phi) is 3.80. The lowest BCUT2D eigenvalue weighted by Crippen LogP contribution is -1.92. The molecule has 0 radical (unpaired) electrons. The van der Waals surface area contributed by atoms with Gasteiger partial charge in [0.2, 0.25) is 0 Å². The molecule has 6 nitrogen and oxygen atoms in total. The van der Waals surface area contributed by atoms with Crippen molar-refractivity contribution in [2.45, 2.75) is 6.92 Å². The average molecular weight is 322 g/mol. The van der Waals surface area contributed by atoms with Crippen molar-refractivity contribution in [1.82, 2.24) is 9.97 Å². The molecule has 0 aliphatic rings. The van der Waals surface area contributed by atoms with Crippen molar-refractivity contribution in [2.24, 2.45) is 0 Å². The van der Waals surface area contributed by atoms with Gasteiger partial charge in [-0.2, -0.15) is 5.26 Å². The third kappa shape index (κ3) is 2.85. The first kappa shape index (κ1) is 15.4. The Morgan fingerprint density at radius 3 is 2.88 bits per heavy atom. The standard InChI is InChI=1S/C17H11FN4O2/c1-10-2-3-11(7-16(10)22(23)24)6-12(9-19)17-20-14-5-4-13(18)8-15(14)21-17/h2-8H,1H3,(H,20,21)/b12-6-. The summed E-state index contributed by atoms with van der Waals surface area (Å²) in [6, 6.07) is 10.8. The second-order valence-corrected chi connectivity index (χ2v) is 5.22. The van der Waals surface area contributed by atoms with Crippen LogP contribution in [-0.4, -0.2) is 14.9 Å².